The van der Waals surface area contributed by atoms with Gasteiger partial charge in [0.05, 0.1) is 18.1 Å². The van der Waals surface area contributed by atoms with E-state index in [4.69, 9.17) is 0 Å². The van der Waals surface area contributed by atoms with Crippen LogP contribution in [-0.2, 0) is 6.54 Å². The lowest BCUT2D eigenvalue weighted by atomic mass is 10.2. The summed E-state index contributed by atoms with van der Waals surface area (Å²) >= 11 is 0. The SMILES string of the molecule is CCNc1cnc(CN(C)C(C)CC)cn1. The normalized spacial score (nSPS) is 12.8. The van der Waals surface area contributed by atoms with Crippen LogP contribution in [0, 0.1) is 0 Å². The van der Waals surface area contributed by atoms with Gasteiger partial charge in [-0.3, -0.25) is 9.88 Å². The van der Waals surface area contributed by atoms with Gasteiger partial charge in [0.1, 0.15) is 5.82 Å². The van der Waals surface area contributed by atoms with Crippen molar-refractivity contribution in [3.8, 4) is 0 Å². The van der Waals surface area contributed by atoms with E-state index in [1.54, 1.807) is 6.20 Å². The average Bonchev–Trinajstić information content (AvgIpc) is 2.31. The second kappa shape index (κ2) is 6.43. The van der Waals surface area contributed by atoms with Crippen LogP contribution in [0.25, 0.3) is 0 Å². The summed E-state index contributed by atoms with van der Waals surface area (Å²) in [6.07, 6.45) is 4.79. The number of nitrogens with one attached hydrogen (secondary N) is 1. The zero-order chi connectivity index (χ0) is 12.0. The molecule has 0 aliphatic rings. The largest absolute Gasteiger partial charge is 0.369 e. The Labute approximate surface area is 98.1 Å². The fourth-order valence-electron chi connectivity index (χ4n) is 1.43. The molecule has 0 spiro atoms. The van der Waals surface area contributed by atoms with Gasteiger partial charge in [-0.25, -0.2) is 4.98 Å². The van der Waals surface area contributed by atoms with Crippen molar-refractivity contribution in [2.24, 2.45) is 0 Å². The van der Waals surface area contributed by atoms with Crippen LogP contribution < -0.4 is 5.32 Å². The summed E-state index contributed by atoms with van der Waals surface area (Å²) in [5, 5.41) is 3.13. The fraction of sp³-hybridized carbons (Fsp3) is 0.667. The molecule has 1 heterocycles. The minimum absolute atomic E-state index is 0.579. The highest BCUT2D eigenvalue weighted by Gasteiger charge is 2.08. The zero-order valence-corrected chi connectivity index (χ0v) is 10.7. The molecule has 0 aliphatic heterocycles. The zero-order valence-electron chi connectivity index (χ0n) is 10.7. The lowest BCUT2D eigenvalue weighted by molar-refractivity contribution is 0.241. The Hall–Kier alpha value is -1.16. The Morgan fingerprint density at radius 2 is 2.06 bits per heavy atom. The predicted molar refractivity (Wildman–Crippen MR) is 67.4 cm³/mol. The highest BCUT2D eigenvalue weighted by atomic mass is 15.1. The van der Waals surface area contributed by atoms with Gasteiger partial charge in [-0.15, -0.1) is 0 Å². The van der Waals surface area contributed by atoms with Crippen LogP contribution in [0.15, 0.2) is 12.4 Å². The molecule has 1 aromatic heterocycles. The maximum atomic E-state index is 4.39. The molecule has 4 nitrogen and oxygen atoms in total. The smallest absolute Gasteiger partial charge is 0.144 e. The Morgan fingerprint density at radius 1 is 1.31 bits per heavy atom. The minimum atomic E-state index is 0.579. The Balaban J connectivity index is 2.54. The summed E-state index contributed by atoms with van der Waals surface area (Å²) in [5.41, 5.74) is 1.02. The summed E-state index contributed by atoms with van der Waals surface area (Å²) in [6, 6.07) is 0.579. The Kier molecular flexibility index (Phi) is 5.19. The van der Waals surface area contributed by atoms with Crippen molar-refractivity contribution >= 4 is 5.82 Å². The molecule has 0 bridgehead atoms. The van der Waals surface area contributed by atoms with Gasteiger partial charge in [-0.2, -0.15) is 0 Å². The quantitative estimate of drug-likeness (QED) is 0.800. The van der Waals surface area contributed by atoms with E-state index >= 15 is 0 Å². The van der Waals surface area contributed by atoms with Gasteiger partial charge in [-0.05, 0) is 27.3 Å². The van der Waals surface area contributed by atoms with Crippen molar-refractivity contribution in [2.75, 3.05) is 18.9 Å². The van der Waals surface area contributed by atoms with E-state index in [-0.39, 0.29) is 0 Å². The molecular formula is C12H22N4. The topological polar surface area (TPSA) is 41.1 Å². The molecule has 0 aliphatic carbocycles. The number of hydrogen-bond donors (Lipinski definition) is 1. The molecule has 0 fully saturated rings. The van der Waals surface area contributed by atoms with E-state index < -0.39 is 0 Å². The van der Waals surface area contributed by atoms with Crippen molar-refractivity contribution in [3.05, 3.63) is 18.1 Å². The molecule has 1 atom stereocenters. The molecule has 0 amide bonds. The number of aromatic nitrogens is 2. The molecule has 4 heteroatoms. The summed E-state index contributed by atoms with van der Waals surface area (Å²) in [7, 11) is 2.12. The van der Waals surface area contributed by atoms with Crippen molar-refractivity contribution in [2.45, 2.75) is 39.8 Å². The van der Waals surface area contributed by atoms with Gasteiger partial charge in [0.25, 0.3) is 0 Å². The molecule has 16 heavy (non-hydrogen) atoms. The van der Waals surface area contributed by atoms with Gasteiger partial charge in [0.15, 0.2) is 0 Å². The first-order chi connectivity index (χ1) is 7.67. The van der Waals surface area contributed by atoms with E-state index in [0.29, 0.717) is 6.04 Å². The van der Waals surface area contributed by atoms with Crippen LogP contribution >= 0.6 is 0 Å². The molecule has 0 aromatic carbocycles. The van der Waals surface area contributed by atoms with E-state index in [0.717, 1.165) is 31.0 Å². The van der Waals surface area contributed by atoms with E-state index in [2.05, 4.69) is 41.1 Å². The third-order valence-corrected chi connectivity index (χ3v) is 2.82. The molecule has 1 rings (SSSR count). The minimum Gasteiger partial charge on any atom is -0.369 e. The number of hydrogen-bond acceptors (Lipinski definition) is 4. The maximum absolute atomic E-state index is 4.39. The molecule has 1 N–H and O–H groups in total. The highest BCUT2D eigenvalue weighted by Crippen LogP contribution is 2.07. The first-order valence-corrected chi connectivity index (χ1v) is 5.92. The van der Waals surface area contributed by atoms with Crippen molar-refractivity contribution in [1.82, 2.24) is 14.9 Å². The van der Waals surface area contributed by atoms with Gasteiger partial charge in [-0.1, -0.05) is 6.92 Å². The van der Waals surface area contributed by atoms with Crippen LogP contribution in [0.5, 0.6) is 0 Å². The number of anilines is 1. The van der Waals surface area contributed by atoms with Crippen molar-refractivity contribution in [3.63, 3.8) is 0 Å². The third kappa shape index (κ3) is 3.77. The third-order valence-electron chi connectivity index (χ3n) is 2.82. The highest BCUT2D eigenvalue weighted by molar-refractivity contribution is 5.30. The summed E-state index contributed by atoms with van der Waals surface area (Å²) < 4.78 is 0. The summed E-state index contributed by atoms with van der Waals surface area (Å²) in [5.74, 6) is 0.845. The molecule has 0 radical (unpaired) electrons. The second-order valence-corrected chi connectivity index (χ2v) is 4.10. The van der Waals surface area contributed by atoms with Crippen LogP contribution in [0.2, 0.25) is 0 Å². The molecule has 1 unspecified atom stereocenters. The second-order valence-electron chi connectivity index (χ2n) is 4.10. The van der Waals surface area contributed by atoms with E-state index in [1.165, 1.54) is 0 Å². The first kappa shape index (κ1) is 12.9. The van der Waals surface area contributed by atoms with Gasteiger partial charge in [0, 0.05) is 19.1 Å². The van der Waals surface area contributed by atoms with Gasteiger partial charge >= 0.3 is 0 Å². The predicted octanol–water partition coefficient (Wildman–Crippen LogP) is 2.14. The molecule has 90 valence electrons. The number of nitrogens with zero attached hydrogens (tertiary/aromatic N) is 3. The number of rotatable bonds is 6. The fourth-order valence-corrected chi connectivity index (χ4v) is 1.43. The Bertz CT molecular complexity index is 296. The van der Waals surface area contributed by atoms with Crippen molar-refractivity contribution in [1.29, 1.82) is 0 Å². The standard InChI is InChI=1S/C12H22N4/c1-5-10(3)16(4)9-11-7-15-12(8-14-11)13-6-2/h7-8,10H,5-6,9H2,1-4H3,(H,13,15). The van der Waals surface area contributed by atoms with Crippen LogP contribution in [0.1, 0.15) is 32.9 Å². The van der Waals surface area contributed by atoms with E-state index in [1.807, 2.05) is 13.1 Å². The van der Waals surface area contributed by atoms with Gasteiger partial charge in [0.2, 0.25) is 0 Å². The van der Waals surface area contributed by atoms with Crippen LogP contribution in [0.4, 0.5) is 5.82 Å². The maximum Gasteiger partial charge on any atom is 0.144 e. The molecule has 0 saturated carbocycles. The molecule has 1 aromatic rings. The molecular weight excluding hydrogens is 200 g/mol. The Morgan fingerprint density at radius 3 is 2.56 bits per heavy atom. The lowest BCUT2D eigenvalue weighted by Crippen LogP contribution is -2.28. The van der Waals surface area contributed by atoms with Crippen molar-refractivity contribution < 1.29 is 0 Å². The summed E-state index contributed by atoms with van der Waals surface area (Å²) in [6.45, 7) is 8.20. The average molecular weight is 222 g/mol. The van der Waals surface area contributed by atoms with Crippen LogP contribution in [0.3, 0.4) is 0 Å². The molecule has 0 saturated heterocycles. The lowest BCUT2D eigenvalue weighted by Gasteiger charge is -2.22. The first-order valence-electron chi connectivity index (χ1n) is 5.92. The van der Waals surface area contributed by atoms with Crippen LogP contribution in [-0.4, -0.2) is 34.5 Å². The van der Waals surface area contributed by atoms with Gasteiger partial charge < -0.3 is 5.32 Å². The monoisotopic (exact) mass is 222 g/mol. The van der Waals surface area contributed by atoms with E-state index in [9.17, 15) is 0 Å². The summed E-state index contributed by atoms with van der Waals surface area (Å²) in [4.78, 5) is 11.0.